The molecule has 2 aromatic heterocycles. The van der Waals surface area contributed by atoms with Crippen molar-refractivity contribution < 1.29 is 10.2 Å². The number of terminal acetylenes is 1. The van der Waals surface area contributed by atoms with Crippen LogP contribution in [0.15, 0.2) is 43.5 Å². The normalized spacial score (nSPS) is 32.0. The Morgan fingerprint density at radius 2 is 1.82 bits per heavy atom. The van der Waals surface area contributed by atoms with Gasteiger partial charge in [-0.3, -0.25) is 0 Å². The van der Waals surface area contributed by atoms with Crippen LogP contribution in [0.25, 0.3) is 0 Å². The minimum atomic E-state index is -0.989. The van der Waals surface area contributed by atoms with Crippen LogP contribution in [0.5, 0.6) is 5.75 Å². The molecule has 5 atom stereocenters. The van der Waals surface area contributed by atoms with Crippen molar-refractivity contribution in [1.29, 1.82) is 0 Å². The molecular weight excluding hydrogens is 424 g/mol. The highest BCUT2D eigenvalue weighted by Crippen LogP contribution is 2.64. The van der Waals surface area contributed by atoms with Gasteiger partial charge in [-0.25, -0.2) is 9.97 Å². The highest BCUT2D eigenvalue weighted by Gasteiger charge is 2.61. The van der Waals surface area contributed by atoms with E-state index in [9.17, 15) is 10.2 Å². The Labute approximate surface area is 200 Å². The summed E-state index contributed by atoms with van der Waals surface area (Å²) in [6.07, 6.45) is 22.6. The van der Waals surface area contributed by atoms with Gasteiger partial charge in [0.05, 0.1) is 25.7 Å². The Morgan fingerprint density at radius 3 is 2.50 bits per heavy atom. The van der Waals surface area contributed by atoms with Crippen LogP contribution in [0.4, 0.5) is 0 Å². The van der Waals surface area contributed by atoms with E-state index in [-0.39, 0.29) is 5.41 Å². The molecule has 176 valence electrons. The largest absolute Gasteiger partial charge is 0.507 e. The molecule has 2 fully saturated rings. The minimum Gasteiger partial charge on any atom is -0.507 e. The van der Waals surface area contributed by atoms with E-state index in [0.29, 0.717) is 43.0 Å². The number of hydrogen-bond donors (Lipinski definition) is 2. The number of aromatic hydroxyl groups is 1. The average Bonchev–Trinajstić information content (AvgIpc) is 3.59. The first-order chi connectivity index (χ1) is 16.4. The summed E-state index contributed by atoms with van der Waals surface area (Å²) in [5, 5.41) is 22.7. The van der Waals surface area contributed by atoms with Gasteiger partial charge in [0.2, 0.25) is 0 Å². The molecule has 3 aliphatic carbocycles. The van der Waals surface area contributed by atoms with Crippen LogP contribution in [0.2, 0.25) is 0 Å². The molecular formula is C28H32N4O2. The Hall–Kier alpha value is -3.04. The maximum Gasteiger partial charge on any atom is 0.130 e. The van der Waals surface area contributed by atoms with Gasteiger partial charge in [0.15, 0.2) is 0 Å². The number of fused-ring (bicyclic) bond motifs is 5. The molecule has 3 aliphatic rings. The molecule has 6 rings (SSSR count). The van der Waals surface area contributed by atoms with E-state index in [2.05, 4.69) is 28.9 Å². The van der Waals surface area contributed by atoms with E-state index in [1.807, 2.05) is 27.9 Å². The van der Waals surface area contributed by atoms with Gasteiger partial charge in [0, 0.05) is 41.3 Å². The fourth-order valence-electron chi connectivity index (χ4n) is 7.55. The van der Waals surface area contributed by atoms with Gasteiger partial charge in [-0.2, -0.15) is 0 Å². The van der Waals surface area contributed by atoms with Crippen molar-refractivity contribution in [2.75, 3.05) is 0 Å². The predicted octanol–water partition coefficient (Wildman–Crippen LogP) is 4.10. The number of aliphatic hydroxyl groups is 1. The summed E-state index contributed by atoms with van der Waals surface area (Å²) in [5.74, 6) is 4.55. The number of imidazole rings is 2. The maximum absolute atomic E-state index is 11.4. The molecule has 0 saturated heterocycles. The van der Waals surface area contributed by atoms with Crippen LogP contribution in [0.3, 0.4) is 0 Å². The third-order valence-electron chi connectivity index (χ3n) is 9.40. The number of benzene rings is 1. The molecule has 2 N–H and O–H groups in total. The minimum absolute atomic E-state index is 0.212. The molecule has 3 aromatic rings. The van der Waals surface area contributed by atoms with Crippen molar-refractivity contribution in [3.63, 3.8) is 0 Å². The lowest BCUT2D eigenvalue weighted by Gasteiger charge is -2.52. The quantitative estimate of drug-likeness (QED) is 0.580. The number of hydrogen-bond acceptors (Lipinski definition) is 4. The van der Waals surface area contributed by atoms with Crippen LogP contribution in [-0.2, 0) is 19.5 Å². The molecule has 2 saturated carbocycles. The summed E-state index contributed by atoms with van der Waals surface area (Å²) in [4.78, 5) is 8.38. The summed E-state index contributed by atoms with van der Waals surface area (Å²) < 4.78 is 4.04. The molecule has 0 aliphatic heterocycles. The Bertz CT molecular complexity index is 1240. The average molecular weight is 457 g/mol. The maximum atomic E-state index is 11.4. The second-order valence-electron chi connectivity index (χ2n) is 10.8. The predicted molar refractivity (Wildman–Crippen MR) is 129 cm³/mol. The molecule has 2 heterocycles. The Balaban J connectivity index is 1.43. The molecule has 34 heavy (non-hydrogen) atoms. The van der Waals surface area contributed by atoms with E-state index in [1.165, 1.54) is 11.1 Å². The zero-order valence-electron chi connectivity index (χ0n) is 19.7. The van der Waals surface area contributed by atoms with Crippen molar-refractivity contribution in [1.82, 2.24) is 19.1 Å². The first-order valence-corrected chi connectivity index (χ1v) is 12.4. The summed E-state index contributed by atoms with van der Waals surface area (Å²) >= 11 is 0. The lowest BCUT2D eigenvalue weighted by Crippen LogP contribution is -2.50. The van der Waals surface area contributed by atoms with E-state index < -0.39 is 5.60 Å². The highest BCUT2D eigenvalue weighted by molar-refractivity contribution is 5.53. The third kappa shape index (κ3) is 3.06. The number of rotatable bonds is 4. The topological polar surface area (TPSA) is 76.1 Å². The summed E-state index contributed by atoms with van der Waals surface area (Å²) in [5.41, 5.74) is 3.44. The fourth-order valence-corrected chi connectivity index (χ4v) is 7.55. The van der Waals surface area contributed by atoms with E-state index in [0.717, 1.165) is 43.2 Å². The molecule has 0 amide bonds. The first-order valence-electron chi connectivity index (χ1n) is 12.4. The van der Waals surface area contributed by atoms with Crippen LogP contribution < -0.4 is 0 Å². The summed E-state index contributed by atoms with van der Waals surface area (Å²) in [6, 6.07) is 2.25. The van der Waals surface area contributed by atoms with Crippen LogP contribution in [-0.4, -0.2) is 34.9 Å². The second-order valence-corrected chi connectivity index (χ2v) is 10.8. The molecule has 0 unspecified atom stereocenters. The Morgan fingerprint density at radius 1 is 1.09 bits per heavy atom. The van der Waals surface area contributed by atoms with Crippen LogP contribution in [0.1, 0.15) is 67.2 Å². The van der Waals surface area contributed by atoms with Gasteiger partial charge in [-0.05, 0) is 73.5 Å². The number of nitrogens with zero attached hydrogens (tertiary/aromatic N) is 4. The molecule has 6 heteroatoms. The first kappa shape index (κ1) is 21.5. The Kier molecular flexibility index (Phi) is 4.90. The molecule has 6 nitrogen and oxygen atoms in total. The van der Waals surface area contributed by atoms with Crippen molar-refractivity contribution in [3.8, 4) is 18.1 Å². The van der Waals surface area contributed by atoms with Crippen molar-refractivity contribution >= 4 is 0 Å². The van der Waals surface area contributed by atoms with Gasteiger partial charge >= 0.3 is 0 Å². The standard InChI is InChI=1S/C28H32N4O2/c1-3-28(34)9-7-25-22-5-4-20-23(21(22)6-8-27(25,28)2)14-19(15-31-12-10-29-17-31)26(33)24(20)16-32-13-11-30-18-32/h1,10-14,17-18,21-22,25,33-34H,4-9,15-16H2,2H3/t21-,22+,25-,27-,28-/m0/s1. The van der Waals surface area contributed by atoms with Gasteiger partial charge < -0.3 is 19.3 Å². The lowest BCUT2D eigenvalue weighted by molar-refractivity contribution is -0.0647. The monoisotopic (exact) mass is 456 g/mol. The summed E-state index contributed by atoms with van der Waals surface area (Å²) in [6.45, 7) is 3.43. The SMILES string of the molecule is C#C[C@]1(O)CC[C@H]2[C@@H]3CCc4c(cc(Cn5ccnc5)c(O)c4Cn4ccnc4)[C@H]3CC[C@@]21C. The molecule has 0 bridgehead atoms. The highest BCUT2D eigenvalue weighted by atomic mass is 16.3. The van der Waals surface area contributed by atoms with Crippen molar-refractivity contribution in [2.45, 2.75) is 70.1 Å². The second kappa shape index (κ2) is 7.74. The third-order valence-corrected chi connectivity index (χ3v) is 9.40. The molecule has 0 spiro atoms. The lowest BCUT2D eigenvalue weighted by atomic mass is 9.53. The molecule has 1 aromatic carbocycles. The number of aromatic nitrogens is 4. The van der Waals surface area contributed by atoms with Gasteiger partial charge in [0.1, 0.15) is 11.4 Å². The zero-order chi connectivity index (χ0) is 23.5. The van der Waals surface area contributed by atoms with Gasteiger partial charge in [0.25, 0.3) is 0 Å². The van der Waals surface area contributed by atoms with Gasteiger partial charge in [-0.1, -0.05) is 12.8 Å². The van der Waals surface area contributed by atoms with E-state index in [4.69, 9.17) is 6.42 Å². The van der Waals surface area contributed by atoms with Crippen LogP contribution in [0, 0.1) is 29.6 Å². The van der Waals surface area contributed by atoms with Crippen LogP contribution >= 0.6 is 0 Å². The smallest absolute Gasteiger partial charge is 0.130 e. The van der Waals surface area contributed by atoms with Gasteiger partial charge in [-0.15, -0.1) is 6.42 Å². The van der Waals surface area contributed by atoms with Crippen molar-refractivity contribution in [2.24, 2.45) is 17.3 Å². The zero-order valence-corrected chi connectivity index (χ0v) is 19.7. The van der Waals surface area contributed by atoms with E-state index in [1.54, 1.807) is 18.7 Å². The summed E-state index contributed by atoms with van der Waals surface area (Å²) in [7, 11) is 0. The number of phenolic OH excluding ortho intramolecular Hbond substituents is 1. The van der Waals surface area contributed by atoms with Crippen molar-refractivity contribution in [3.05, 3.63) is 65.8 Å². The number of phenols is 1. The molecule has 0 radical (unpaired) electrons. The fraction of sp³-hybridized carbons (Fsp3) is 0.500. The van der Waals surface area contributed by atoms with E-state index >= 15 is 0 Å².